The number of nitrogens with one attached hydrogen (secondary N) is 1. The number of anilines is 2. The lowest BCUT2D eigenvalue weighted by Gasteiger charge is -2.11. The molecule has 0 saturated heterocycles. The summed E-state index contributed by atoms with van der Waals surface area (Å²) in [4.78, 5) is 14.0. The molecule has 0 amide bonds. The molecule has 0 atom stereocenters. The maximum atomic E-state index is 4.68. The summed E-state index contributed by atoms with van der Waals surface area (Å²) >= 11 is 0. The Morgan fingerprint density at radius 3 is 1.78 bits per heavy atom. The van der Waals surface area contributed by atoms with E-state index in [-0.39, 0.29) is 0 Å². The molecule has 1 heterocycles. The largest absolute Gasteiger partial charge is 0.324 e. The second kappa shape index (κ2) is 7.42. The first kappa shape index (κ1) is 17.0. The minimum absolute atomic E-state index is 0.533. The fourth-order valence-corrected chi connectivity index (χ4v) is 2.81. The number of nitrogens with zero attached hydrogens (tertiary/aromatic N) is 3. The zero-order valence-electron chi connectivity index (χ0n) is 15.3. The highest BCUT2D eigenvalue weighted by molar-refractivity contribution is 6.33. The molecule has 27 heavy (non-hydrogen) atoms. The van der Waals surface area contributed by atoms with Gasteiger partial charge < -0.3 is 5.32 Å². The molecule has 0 aliphatic heterocycles. The minimum atomic E-state index is 0.533. The van der Waals surface area contributed by atoms with E-state index in [9.17, 15) is 0 Å². The third kappa shape index (κ3) is 3.87. The van der Waals surface area contributed by atoms with Crippen LogP contribution < -0.4 is 10.8 Å². The van der Waals surface area contributed by atoms with E-state index in [1.54, 1.807) is 0 Å². The Kier molecular flexibility index (Phi) is 4.66. The van der Waals surface area contributed by atoms with E-state index in [2.05, 4.69) is 47.2 Å². The lowest BCUT2D eigenvalue weighted by Crippen LogP contribution is -2.09. The number of hydrogen-bond acceptors (Lipinski definition) is 4. The number of aromatic nitrogens is 3. The van der Waals surface area contributed by atoms with Crippen LogP contribution in [0.1, 0.15) is 5.56 Å². The maximum absolute atomic E-state index is 4.68. The van der Waals surface area contributed by atoms with Gasteiger partial charge in [0.05, 0.1) is 0 Å². The van der Waals surface area contributed by atoms with Crippen molar-refractivity contribution in [2.75, 3.05) is 5.32 Å². The number of aryl methyl sites for hydroxylation is 1. The molecule has 0 saturated carbocycles. The normalized spacial score (nSPS) is 10.6. The van der Waals surface area contributed by atoms with Gasteiger partial charge in [-0.25, -0.2) is 4.98 Å². The molecule has 1 N–H and O–H groups in total. The highest BCUT2D eigenvalue weighted by atomic mass is 15.2. The maximum Gasteiger partial charge on any atom is 0.231 e. The predicted molar refractivity (Wildman–Crippen MR) is 113 cm³/mol. The van der Waals surface area contributed by atoms with E-state index in [0.29, 0.717) is 17.6 Å². The minimum Gasteiger partial charge on any atom is -0.324 e. The van der Waals surface area contributed by atoms with E-state index in [4.69, 9.17) is 0 Å². The van der Waals surface area contributed by atoms with E-state index >= 15 is 0 Å². The van der Waals surface area contributed by atoms with Crippen LogP contribution in [0.4, 0.5) is 11.6 Å². The smallest absolute Gasteiger partial charge is 0.231 e. The molecular formula is C22H19BN4. The van der Waals surface area contributed by atoms with Crippen LogP contribution in [-0.4, -0.2) is 22.8 Å². The second-order valence-corrected chi connectivity index (χ2v) is 6.46. The Labute approximate surface area is 159 Å². The van der Waals surface area contributed by atoms with Gasteiger partial charge in [0.2, 0.25) is 5.95 Å². The Morgan fingerprint density at radius 2 is 1.26 bits per heavy atom. The first-order valence-corrected chi connectivity index (χ1v) is 8.90. The monoisotopic (exact) mass is 350 g/mol. The van der Waals surface area contributed by atoms with Gasteiger partial charge in [-0.1, -0.05) is 77.8 Å². The molecule has 4 nitrogen and oxygen atoms in total. The van der Waals surface area contributed by atoms with Gasteiger partial charge in [0, 0.05) is 16.8 Å². The molecule has 0 aliphatic rings. The molecule has 4 aromatic rings. The highest BCUT2D eigenvalue weighted by Crippen LogP contribution is 2.23. The van der Waals surface area contributed by atoms with Crippen molar-refractivity contribution in [3.05, 3.63) is 84.4 Å². The summed E-state index contributed by atoms with van der Waals surface area (Å²) in [5.74, 6) is 1.83. The standard InChI is InChI=1S/C22H19BN4/c1-15-12-13-18(14-19(15)23)24-22-26-20(16-8-4-2-5-9-16)25-21(27-22)17-10-6-3-7-11-17/h2-14H,23H2,1H3,(H,24,25,26,27). The summed E-state index contributed by atoms with van der Waals surface area (Å²) in [5.41, 5.74) is 5.36. The van der Waals surface area contributed by atoms with Crippen molar-refractivity contribution in [1.82, 2.24) is 15.0 Å². The van der Waals surface area contributed by atoms with Crippen molar-refractivity contribution >= 4 is 24.9 Å². The summed E-state index contributed by atoms with van der Waals surface area (Å²) in [6.07, 6.45) is 0. The Bertz CT molecular complexity index is 1010. The summed E-state index contributed by atoms with van der Waals surface area (Å²) in [5, 5.41) is 3.33. The number of rotatable bonds is 4. The Balaban J connectivity index is 1.79. The number of benzene rings is 3. The molecule has 0 spiro atoms. The van der Waals surface area contributed by atoms with Crippen LogP contribution >= 0.6 is 0 Å². The molecule has 130 valence electrons. The third-order valence-electron chi connectivity index (χ3n) is 4.46. The van der Waals surface area contributed by atoms with Crippen LogP contribution in [0.15, 0.2) is 78.9 Å². The van der Waals surface area contributed by atoms with E-state index < -0.39 is 0 Å². The van der Waals surface area contributed by atoms with Crippen LogP contribution in [0.5, 0.6) is 0 Å². The summed E-state index contributed by atoms with van der Waals surface area (Å²) in [6.45, 7) is 2.10. The van der Waals surface area contributed by atoms with Crippen molar-refractivity contribution < 1.29 is 0 Å². The van der Waals surface area contributed by atoms with Gasteiger partial charge in [0.25, 0.3) is 0 Å². The molecule has 4 rings (SSSR count). The predicted octanol–water partition coefficient (Wildman–Crippen LogP) is 3.52. The zero-order chi connectivity index (χ0) is 18.6. The second-order valence-electron chi connectivity index (χ2n) is 6.46. The first-order valence-electron chi connectivity index (χ1n) is 8.90. The summed E-state index contributed by atoms with van der Waals surface area (Å²) < 4.78 is 0. The lowest BCUT2D eigenvalue weighted by molar-refractivity contribution is 1.07. The van der Waals surface area contributed by atoms with Gasteiger partial charge in [-0.2, -0.15) is 9.97 Å². The van der Waals surface area contributed by atoms with Crippen molar-refractivity contribution in [1.29, 1.82) is 0 Å². The molecule has 5 heteroatoms. The van der Waals surface area contributed by atoms with E-state index in [0.717, 1.165) is 16.8 Å². The van der Waals surface area contributed by atoms with Crippen molar-refractivity contribution in [2.24, 2.45) is 0 Å². The number of hydrogen-bond donors (Lipinski definition) is 1. The molecular weight excluding hydrogens is 331 g/mol. The molecule has 0 fully saturated rings. The van der Waals surface area contributed by atoms with Gasteiger partial charge in [0.1, 0.15) is 7.85 Å². The highest BCUT2D eigenvalue weighted by Gasteiger charge is 2.10. The molecule has 0 aliphatic carbocycles. The van der Waals surface area contributed by atoms with Gasteiger partial charge in [0.15, 0.2) is 11.6 Å². The third-order valence-corrected chi connectivity index (χ3v) is 4.46. The SMILES string of the molecule is Bc1cc(Nc2nc(-c3ccccc3)nc(-c3ccccc3)n2)ccc1C. The first-order chi connectivity index (χ1) is 13.2. The molecule has 3 aromatic carbocycles. The van der Waals surface area contributed by atoms with Gasteiger partial charge in [-0.3, -0.25) is 0 Å². The van der Waals surface area contributed by atoms with Gasteiger partial charge in [-0.15, -0.1) is 0 Å². The molecule has 0 unspecified atom stereocenters. The average Bonchev–Trinajstić information content (AvgIpc) is 2.72. The van der Waals surface area contributed by atoms with Crippen molar-refractivity contribution in [2.45, 2.75) is 6.92 Å². The van der Waals surface area contributed by atoms with E-state index in [1.165, 1.54) is 11.0 Å². The molecule has 0 bridgehead atoms. The summed E-state index contributed by atoms with van der Waals surface area (Å²) in [7, 11) is 2.10. The van der Waals surface area contributed by atoms with Crippen LogP contribution in [-0.2, 0) is 0 Å². The van der Waals surface area contributed by atoms with Crippen LogP contribution in [0.3, 0.4) is 0 Å². The van der Waals surface area contributed by atoms with E-state index in [1.807, 2.05) is 66.7 Å². The van der Waals surface area contributed by atoms with Gasteiger partial charge >= 0.3 is 0 Å². The van der Waals surface area contributed by atoms with Crippen molar-refractivity contribution in [3.63, 3.8) is 0 Å². The lowest BCUT2D eigenvalue weighted by atomic mass is 9.91. The molecule has 0 radical (unpaired) electrons. The van der Waals surface area contributed by atoms with Gasteiger partial charge in [-0.05, 0) is 19.1 Å². The van der Waals surface area contributed by atoms with Crippen LogP contribution in [0.25, 0.3) is 22.8 Å². The molecule has 1 aromatic heterocycles. The summed E-state index contributed by atoms with van der Waals surface area (Å²) in [6, 6.07) is 26.1. The fourth-order valence-electron chi connectivity index (χ4n) is 2.81. The van der Waals surface area contributed by atoms with Crippen LogP contribution in [0.2, 0.25) is 0 Å². The fraction of sp³-hybridized carbons (Fsp3) is 0.0455. The topological polar surface area (TPSA) is 50.7 Å². The Morgan fingerprint density at radius 1 is 0.704 bits per heavy atom. The van der Waals surface area contributed by atoms with Crippen molar-refractivity contribution in [3.8, 4) is 22.8 Å². The average molecular weight is 350 g/mol. The quantitative estimate of drug-likeness (QED) is 0.572. The zero-order valence-corrected chi connectivity index (χ0v) is 15.3. The van der Waals surface area contributed by atoms with Crippen LogP contribution in [0, 0.1) is 6.92 Å². The Hall–Kier alpha value is -3.47.